The number of amides is 3. The summed E-state index contributed by atoms with van der Waals surface area (Å²) >= 11 is 0. The van der Waals surface area contributed by atoms with Crippen molar-refractivity contribution in [3.63, 3.8) is 0 Å². The normalized spacial score (nSPS) is 20.9. The summed E-state index contributed by atoms with van der Waals surface area (Å²) in [4.78, 5) is 37.8. The summed E-state index contributed by atoms with van der Waals surface area (Å²) in [5.41, 5.74) is -1.67. The van der Waals surface area contributed by atoms with E-state index in [9.17, 15) is 22.8 Å². The molecule has 168 valence electrons. The average molecular weight is 446 g/mol. The molecule has 1 saturated heterocycles. The molecule has 32 heavy (non-hydrogen) atoms. The van der Waals surface area contributed by atoms with Crippen molar-refractivity contribution >= 4 is 29.3 Å². The van der Waals surface area contributed by atoms with Gasteiger partial charge in [-0.3, -0.25) is 15.0 Å². The molecule has 2 aromatic rings. The minimum atomic E-state index is -4.52. The van der Waals surface area contributed by atoms with E-state index in [1.165, 1.54) is 11.0 Å². The molecule has 1 saturated carbocycles. The first-order valence-corrected chi connectivity index (χ1v) is 10.4. The fourth-order valence-electron chi connectivity index (χ4n) is 4.30. The van der Waals surface area contributed by atoms with Crippen LogP contribution in [0.4, 0.5) is 35.3 Å². The maximum Gasteiger partial charge on any atom is 0.411 e. The highest BCUT2D eigenvalue weighted by Crippen LogP contribution is 2.49. The molecule has 4 heterocycles. The zero-order valence-corrected chi connectivity index (χ0v) is 17.0. The second kappa shape index (κ2) is 7.35. The van der Waals surface area contributed by atoms with Gasteiger partial charge in [-0.2, -0.15) is 13.2 Å². The molecule has 2 aromatic heterocycles. The molecule has 1 atom stereocenters. The van der Waals surface area contributed by atoms with Crippen LogP contribution < -0.4 is 20.4 Å². The molecule has 2 aliphatic heterocycles. The van der Waals surface area contributed by atoms with E-state index in [0.29, 0.717) is 18.1 Å². The van der Waals surface area contributed by atoms with Gasteiger partial charge in [0.25, 0.3) is 5.91 Å². The largest absolute Gasteiger partial charge is 0.411 e. The summed E-state index contributed by atoms with van der Waals surface area (Å²) in [6.07, 6.45) is -1.64. The monoisotopic (exact) mass is 446 g/mol. The van der Waals surface area contributed by atoms with Gasteiger partial charge in [-0.15, -0.1) is 0 Å². The van der Waals surface area contributed by atoms with Gasteiger partial charge in [0.2, 0.25) is 0 Å². The minimum absolute atomic E-state index is 0.151. The van der Waals surface area contributed by atoms with Crippen LogP contribution in [0, 0.1) is 0 Å². The lowest BCUT2D eigenvalue weighted by atomic mass is 9.99. The van der Waals surface area contributed by atoms with Gasteiger partial charge >= 0.3 is 12.2 Å². The second-order valence-corrected chi connectivity index (χ2v) is 8.33. The molecular formula is C21H21F3N6O2. The second-order valence-electron chi connectivity index (χ2n) is 8.33. The van der Waals surface area contributed by atoms with Crippen LogP contribution in [0.15, 0.2) is 36.5 Å². The summed E-state index contributed by atoms with van der Waals surface area (Å²) in [5.74, 6) is -0.274. The maximum absolute atomic E-state index is 13.3. The first kappa shape index (κ1) is 20.5. The molecule has 8 nitrogen and oxygen atoms in total. The Morgan fingerprint density at radius 1 is 1.16 bits per heavy atom. The van der Waals surface area contributed by atoms with E-state index in [1.807, 2.05) is 0 Å². The Morgan fingerprint density at radius 3 is 2.66 bits per heavy atom. The van der Waals surface area contributed by atoms with E-state index in [2.05, 4.69) is 25.5 Å². The number of hydrogen-bond donors (Lipinski definition) is 2. The Morgan fingerprint density at radius 2 is 1.97 bits per heavy atom. The number of fused-ring (bicyclic) bond motifs is 4. The summed E-state index contributed by atoms with van der Waals surface area (Å²) in [6, 6.07) is 7.55. The predicted octanol–water partition coefficient (Wildman–Crippen LogP) is 3.32. The number of rotatable bonds is 3. The minimum Gasteiger partial charge on any atom is -0.366 e. The van der Waals surface area contributed by atoms with Crippen LogP contribution in [0.1, 0.15) is 36.2 Å². The van der Waals surface area contributed by atoms with Crippen molar-refractivity contribution in [1.82, 2.24) is 15.3 Å². The third-order valence-electron chi connectivity index (χ3n) is 6.18. The molecule has 2 fully saturated rings. The van der Waals surface area contributed by atoms with Gasteiger partial charge < -0.3 is 10.2 Å². The van der Waals surface area contributed by atoms with Gasteiger partial charge in [0.05, 0.1) is 11.7 Å². The molecule has 1 aliphatic carbocycles. The number of carbonyl (C=O) groups excluding carboxylic acids is 2. The number of piperidine rings is 1. The van der Waals surface area contributed by atoms with E-state index in [1.54, 1.807) is 30.5 Å². The Balaban J connectivity index is 1.46. The van der Waals surface area contributed by atoms with Crippen LogP contribution in [0.5, 0.6) is 0 Å². The van der Waals surface area contributed by atoms with Crippen molar-refractivity contribution in [2.24, 2.45) is 0 Å². The number of pyridine rings is 2. The molecule has 0 unspecified atom stereocenters. The number of halogens is 3. The number of nitrogens with zero attached hydrogens (tertiary/aromatic N) is 4. The Labute approximate surface area is 181 Å². The van der Waals surface area contributed by atoms with Gasteiger partial charge in [0.15, 0.2) is 5.82 Å². The summed E-state index contributed by atoms with van der Waals surface area (Å²) in [6.45, 7) is 1.40. The number of alkyl halides is 3. The Hall–Kier alpha value is -3.37. The van der Waals surface area contributed by atoms with Gasteiger partial charge in [-0.1, -0.05) is 6.07 Å². The number of aromatic nitrogens is 2. The molecule has 5 rings (SSSR count). The van der Waals surface area contributed by atoms with Crippen molar-refractivity contribution in [1.29, 1.82) is 0 Å². The number of anilines is 3. The zero-order valence-electron chi connectivity index (χ0n) is 17.0. The van der Waals surface area contributed by atoms with Crippen LogP contribution >= 0.6 is 0 Å². The zero-order chi connectivity index (χ0) is 22.5. The Bertz CT molecular complexity index is 1060. The number of urea groups is 1. The highest BCUT2D eigenvalue weighted by Gasteiger charge is 2.64. The molecule has 2 bridgehead atoms. The van der Waals surface area contributed by atoms with Gasteiger partial charge in [0, 0.05) is 19.3 Å². The van der Waals surface area contributed by atoms with Crippen molar-refractivity contribution in [3.8, 4) is 0 Å². The molecule has 0 spiro atoms. The van der Waals surface area contributed by atoms with Gasteiger partial charge in [-0.05, 0) is 49.9 Å². The smallest absolute Gasteiger partial charge is 0.366 e. The highest BCUT2D eigenvalue weighted by molar-refractivity contribution is 6.04. The molecule has 3 amide bonds. The lowest BCUT2D eigenvalue weighted by Gasteiger charge is -2.45. The summed E-state index contributed by atoms with van der Waals surface area (Å²) in [5, 5.41) is 4.84. The quantitative estimate of drug-likeness (QED) is 0.755. The Kier molecular flexibility index (Phi) is 4.72. The van der Waals surface area contributed by atoms with Crippen molar-refractivity contribution in [2.45, 2.75) is 43.4 Å². The van der Waals surface area contributed by atoms with E-state index in [0.717, 1.165) is 19.4 Å². The van der Waals surface area contributed by atoms with Crippen LogP contribution in [0.3, 0.4) is 0 Å². The average Bonchev–Trinajstić information content (AvgIpc) is 3.55. The number of nitrogens with one attached hydrogen (secondary N) is 2. The topological polar surface area (TPSA) is 90.5 Å². The van der Waals surface area contributed by atoms with Gasteiger partial charge in [0.1, 0.15) is 17.1 Å². The van der Waals surface area contributed by atoms with Crippen LogP contribution in [0.25, 0.3) is 0 Å². The van der Waals surface area contributed by atoms with E-state index < -0.39 is 23.7 Å². The molecule has 11 heteroatoms. The van der Waals surface area contributed by atoms with Gasteiger partial charge in [-0.25, -0.2) is 14.8 Å². The van der Waals surface area contributed by atoms with E-state index >= 15 is 0 Å². The predicted molar refractivity (Wildman–Crippen MR) is 111 cm³/mol. The summed E-state index contributed by atoms with van der Waals surface area (Å²) < 4.78 is 39.8. The number of carbonyl (C=O) groups is 2. The molecular weight excluding hydrogens is 425 g/mol. The highest BCUT2D eigenvalue weighted by atomic mass is 19.4. The van der Waals surface area contributed by atoms with Crippen molar-refractivity contribution in [3.05, 3.63) is 42.2 Å². The molecule has 0 radical (unpaired) electrons. The summed E-state index contributed by atoms with van der Waals surface area (Å²) in [7, 11) is 0. The molecule has 3 aliphatic rings. The van der Waals surface area contributed by atoms with E-state index in [-0.39, 0.29) is 30.4 Å². The van der Waals surface area contributed by atoms with Crippen LogP contribution in [-0.2, 0) is 0 Å². The molecule has 0 aromatic carbocycles. The third-order valence-corrected chi connectivity index (χ3v) is 6.18. The fourth-order valence-corrected chi connectivity index (χ4v) is 4.30. The number of hydrogen-bond acceptors (Lipinski definition) is 5. The molecule has 2 N–H and O–H groups in total. The first-order valence-electron chi connectivity index (χ1n) is 10.4. The first-order chi connectivity index (χ1) is 15.3. The van der Waals surface area contributed by atoms with Crippen molar-refractivity contribution < 1.29 is 22.8 Å². The fraction of sp³-hybridized carbons (Fsp3) is 0.429. The standard InChI is InChI=1S/C21H21F3N6O2/c22-21(23,24)20(8-9-20)28-18(31)14-6-7-15-17(26-14)30(13-4-3-11-29(15)12-13)19(32)27-16-5-1-2-10-25-16/h1-2,5-7,10,13H,3-4,8-9,11-12H2,(H,28,31)(H,25,27,32)/t13-/m0/s1. The SMILES string of the molecule is O=C(NC1(C(F)(F)F)CC1)c1ccc2c(n1)N(C(=O)Nc1ccccn1)[C@H]1CCCN2C1. The van der Waals surface area contributed by atoms with Crippen LogP contribution in [-0.4, -0.2) is 52.8 Å². The van der Waals surface area contributed by atoms with Crippen LogP contribution in [0.2, 0.25) is 0 Å². The maximum atomic E-state index is 13.3. The lowest BCUT2D eigenvalue weighted by molar-refractivity contribution is -0.163. The lowest BCUT2D eigenvalue weighted by Crippen LogP contribution is -2.56. The third kappa shape index (κ3) is 3.51. The van der Waals surface area contributed by atoms with E-state index in [4.69, 9.17) is 0 Å². The van der Waals surface area contributed by atoms with Crippen molar-refractivity contribution in [2.75, 3.05) is 28.2 Å².